The third kappa shape index (κ3) is 3.46. The highest BCUT2D eigenvalue weighted by Gasteiger charge is 2.24. The van der Waals surface area contributed by atoms with Crippen molar-refractivity contribution < 1.29 is 18.3 Å². The van der Waals surface area contributed by atoms with Crippen LogP contribution in [0.2, 0.25) is 0 Å². The van der Waals surface area contributed by atoms with E-state index in [4.69, 9.17) is 4.74 Å². The number of aromatic amines is 1. The van der Waals surface area contributed by atoms with Gasteiger partial charge in [0.05, 0.1) is 36.5 Å². The lowest BCUT2D eigenvalue weighted by molar-refractivity contribution is -0.133. The van der Waals surface area contributed by atoms with Gasteiger partial charge in [0.15, 0.2) is 0 Å². The lowest BCUT2D eigenvalue weighted by Crippen LogP contribution is -2.36. The molecule has 0 unspecified atom stereocenters. The summed E-state index contributed by atoms with van der Waals surface area (Å²) in [6.45, 7) is 3.88. The van der Waals surface area contributed by atoms with E-state index in [2.05, 4.69) is 9.97 Å². The van der Waals surface area contributed by atoms with Crippen LogP contribution in [0.4, 0.5) is 8.78 Å². The molecule has 1 amide bonds. The molecule has 1 aromatic heterocycles. The van der Waals surface area contributed by atoms with Crippen molar-refractivity contribution in [3.63, 3.8) is 0 Å². The third-order valence-electron chi connectivity index (χ3n) is 4.04. The highest BCUT2D eigenvalue weighted by atomic mass is 19.1. The number of nitrogens with zero attached hydrogens (tertiary/aromatic N) is 2. The number of fused-ring (bicyclic) bond motifs is 1. The topological polar surface area (TPSA) is 58.2 Å². The normalized spacial score (nSPS) is 13.9. The predicted molar refractivity (Wildman–Crippen MR) is 84.2 cm³/mol. The Kier molecular flexibility index (Phi) is 4.89. The van der Waals surface area contributed by atoms with Gasteiger partial charge in [-0.3, -0.25) is 4.79 Å². The van der Waals surface area contributed by atoms with Gasteiger partial charge in [0.25, 0.3) is 0 Å². The second-order valence-electron chi connectivity index (χ2n) is 5.65. The van der Waals surface area contributed by atoms with Gasteiger partial charge >= 0.3 is 0 Å². The summed E-state index contributed by atoms with van der Waals surface area (Å²) in [7, 11) is 0. The zero-order valence-electron chi connectivity index (χ0n) is 13.4. The van der Waals surface area contributed by atoms with E-state index in [0.29, 0.717) is 45.0 Å². The summed E-state index contributed by atoms with van der Waals surface area (Å²) in [5, 5.41) is 0. The molecule has 24 heavy (non-hydrogen) atoms. The van der Waals surface area contributed by atoms with Gasteiger partial charge in [0.2, 0.25) is 5.91 Å². The number of benzene rings is 1. The van der Waals surface area contributed by atoms with E-state index in [1.54, 1.807) is 4.90 Å². The SMILES string of the molecule is CCOCCC(=O)N1CCc2nc(-c3ccc(F)cc3F)[nH]c2C1. The van der Waals surface area contributed by atoms with Gasteiger partial charge in [0, 0.05) is 25.6 Å². The largest absolute Gasteiger partial charge is 0.381 e. The van der Waals surface area contributed by atoms with Gasteiger partial charge in [-0.05, 0) is 19.1 Å². The summed E-state index contributed by atoms with van der Waals surface area (Å²) in [6.07, 6.45) is 0.950. The molecule has 5 nitrogen and oxygen atoms in total. The Morgan fingerprint density at radius 3 is 3.00 bits per heavy atom. The number of aromatic nitrogens is 2. The molecular weight excluding hydrogens is 316 g/mol. The summed E-state index contributed by atoms with van der Waals surface area (Å²) in [5.74, 6) is -0.899. The first-order valence-electron chi connectivity index (χ1n) is 7.97. The van der Waals surface area contributed by atoms with Crippen LogP contribution in [0.15, 0.2) is 18.2 Å². The zero-order valence-corrected chi connectivity index (χ0v) is 13.4. The smallest absolute Gasteiger partial charge is 0.225 e. The Bertz CT molecular complexity index is 745. The fourth-order valence-corrected chi connectivity index (χ4v) is 2.78. The number of nitrogens with one attached hydrogen (secondary N) is 1. The van der Waals surface area contributed by atoms with Crippen LogP contribution in [-0.4, -0.2) is 40.5 Å². The number of imidazole rings is 1. The van der Waals surface area contributed by atoms with Gasteiger partial charge in [-0.1, -0.05) is 0 Å². The summed E-state index contributed by atoms with van der Waals surface area (Å²) in [6, 6.07) is 3.39. The Balaban J connectivity index is 1.74. The van der Waals surface area contributed by atoms with Crippen molar-refractivity contribution in [1.82, 2.24) is 14.9 Å². The van der Waals surface area contributed by atoms with E-state index in [1.165, 1.54) is 12.1 Å². The number of hydrogen-bond acceptors (Lipinski definition) is 3. The standard InChI is InChI=1S/C17H19F2N3O2/c1-2-24-8-6-16(23)22-7-5-14-15(10-22)21-17(20-14)12-4-3-11(18)9-13(12)19/h3-4,9H,2,5-8,10H2,1H3,(H,20,21). The molecule has 3 rings (SSSR count). The number of H-pyrrole nitrogens is 1. The zero-order chi connectivity index (χ0) is 17.1. The maximum absolute atomic E-state index is 13.9. The average molecular weight is 335 g/mol. The first kappa shape index (κ1) is 16.6. The lowest BCUT2D eigenvalue weighted by Gasteiger charge is -2.26. The van der Waals surface area contributed by atoms with Crippen molar-refractivity contribution in [2.45, 2.75) is 26.3 Å². The summed E-state index contributed by atoms with van der Waals surface area (Å²) in [4.78, 5) is 21.4. The van der Waals surface area contributed by atoms with Gasteiger partial charge in [0.1, 0.15) is 17.5 Å². The molecule has 0 aliphatic carbocycles. The molecule has 1 N–H and O–H groups in total. The number of amides is 1. The van der Waals surface area contributed by atoms with Crippen molar-refractivity contribution in [1.29, 1.82) is 0 Å². The minimum absolute atomic E-state index is 0.0261. The number of hydrogen-bond donors (Lipinski definition) is 1. The van der Waals surface area contributed by atoms with Gasteiger partial charge < -0.3 is 14.6 Å². The molecule has 0 bridgehead atoms. The molecule has 0 radical (unpaired) electrons. The van der Waals surface area contributed by atoms with Crippen molar-refractivity contribution in [2.24, 2.45) is 0 Å². The summed E-state index contributed by atoms with van der Waals surface area (Å²) < 4.78 is 32.1. The van der Waals surface area contributed by atoms with Crippen molar-refractivity contribution in [3.05, 3.63) is 41.2 Å². The van der Waals surface area contributed by atoms with Crippen LogP contribution in [0.1, 0.15) is 24.7 Å². The van der Waals surface area contributed by atoms with Gasteiger partial charge in [-0.25, -0.2) is 13.8 Å². The second-order valence-corrected chi connectivity index (χ2v) is 5.65. The highest BCUT2D eigenvalue weighted by molar-refractivity contribution is 5.76. The molecule has 2 aromatic rings. The van der Waals surface area contributed by atoms with Crippen molar-refractivity contribution in [2.75, 3.05) is 19.8 Å². The maximum Gasteiger partial charge on any atom is 0.225 e. The minimum Gasteiger partial charge on any atom is -0.381 e. The van der Waals surface area contributed by atoms with Crippen LogP contribution in [0, 0.1) is 11.6 Å². The number of ether oxygens (including phenoxy) is 1. The molecule has 0 fully saturated rings. The Morgan fingerprint density at radius 2 is 2.25 bits per heavy atom. The number of halogens is 2. The monoisotopic (exact) mass is 335 g/mol. The van der Waals surface area contributed by atoms with Crippen LogP contribution in [0.5, 0.6) is 0 Å². The minimum atomic E-state index is -0.661. The van der Waals surface area contributed by atoms with Crippen molar-refractivity contribution >= 4 is 5.91 Å². The Hall–Kier alpha value is -2.28. The van der Waals surface area contributed by atoms with Crippen LogP contribution >= 0.6 is 0 Å². The van der Waals surface area contributed by atoms with E-state index in [9.17, 15) is 13.6 Å². The molecule has 0 saturated heterocycles. The number of rotatable bonds is 5. The van der Waals surface area contributed by atoms with E-state index >= 15 is 0 Å². The predicted octanol–water partition coefficient (Wildman–Crippen LogP) is 2.67. The molecular formula is C17H19F2N3O2. The van der Waals surface area contributed by atoms with Gasteiger partial charge in [-0.2, -0.15) is 0 Å². The first-order chi connectivity index (χ1) is 11.6. The van der Waals surface area contributed by atoms with Crippen LogP contribution in [0.25, 0.3) is 11.4 Å². The Labute approximate surface area is 138 Å². The van der Waals surface area contributed by atoms with Crippen molar-refractivity contribution in [3.8, 4) is 11.4 Å². The first-order valence-corrected chi connectivity index (χ1v) is 7.97. The van der Waals surface area contributed by atoms with E-state index in [1.807, 2.05) is 6.92 Å². The quantitative estimate of drug-likeness (QED) is 0.855. The third-order valence-corrected chi connectivity index (χ3v) is 4.04. The van der Waals surface area contributed by atoms with Crippen LogP contribution in [0.3, 0.4) is 0 Å². The number of carbonyl (C=O) groups is 1. The fraction of sp³-hybridized carbons (Fsp3) is 0.412. The molecule has 0 spiro atoms. The molecule has 128 valence electrons. The lowest BCUT2D eigenvalue weighted by atomic mass is 10.1. The van der Waals surface area contributed by atoms with E-state index in [0.717, 1.165) is 17.5 Å². The summed E-state index contributed by atoms with van der Waals surface area (Å²) in [5.41, 5.74) is 1.84. The van der Waals surface area contributed by atoms with Crippen LogP contribution in [-0.2, 0) is 22.5 Å². The molecule has 1 aromatic carbocycles. The average Bonchev–Trinajstić information content (AvgIpc) is 2.97. The molecule has 1 aliphatic rings. The van der Waals surface area contributed by atoms with Crippen LogP contribution < -0.4 is 0 Å². The number of carbonyl (C=O) groups excluding carboxylic acids is 1. The fourth-order valence-electron chi connectivity index (χ4n) is 2.78. The molecule has 0 saturated carbocycles. The van der Waals surface area contributed by atoms with Gasteiger partial charge in [-0.15, -0.1) is 0 Å². The maximum atomic E-state index is 13.9. The summed E-state index contributed by atoms with van der Waals surface area (Å²) >= 11 is 0. The second kappa shape index (κ2) is 7.09. The van der Waals surface area contributed by atoms with E-state index < -0.39 is 11.6 Å². The van der Waals surface area contributed by atoms with E-state index in [-0.39, 0.29) is 11.5 Å². The molecule has 1 aliphatic heterocycles. The molecule has 2 heterocycles. The molecule has 7 heteroatoms. The Morgan fingerprint density at radius 1 is 1.42 bits per heavy atom. The molecule has 0 atom stereocenters. The highest BCUT2D eigenvalue weighted by Crippen LogP contribution is 2.25.